The lowest BCUT2D eigenvalue weighted by atomic mass is 9.87. The highest BCUT2D eigenvalue weighted by molar-refractivity contribution is 7.89. The van der Waals surface area contributed by atoms with Gasteiger partial charge in [-0.25, -0.2) is 23.1 Å². The highest BCUT2D eigenvalue weighted by atomic mass is 32.2. The first-order valence-electron chi connectivity index (χ1n) is 6.84. The number of nitrogens with one attached hydrogen (secondary N) is 1. The van der Waals surface area contributed by atoms with Crippen molar-refractivity contribution in [3.05, 3.63) is 12.4 Å². The van der Waals surface area contributed by atoms with Crippen LogP contribution in [-0.4, -0.2) is 24.9 Å². The fraction of sp³-hybridized carbons (Fsp3) is 0.692. The summed E-state index contributed by atoms with van der Waals surface area (Å²) in [6.07, 6.45) is 6.86. The average molecular weight is 300 g/mol. The summed E-state index contributed by atoms with van der Waals surface area (Å²) in [5.74, 6) is 0.0591. The molecule has 0 spiro atoms. The Kier molecular flexibility index (Phi) is 5.88. The van der Waals surface area contributed by atoms with E-state index in [-0.39, 0.29) is 16.3 Å². The van der Waals surface area contributed by atoms with Gasteiger partial charge in [-0.05, 0) is 11.8 Å². The number of rotatable bonds is 8. The number of anilines is 1. The quantitative estimate of drug-likeness (QED) is 0.715. The molecule has 0 aliphatic rings. The lowest BCUT2D eigenvalue weighted by Gasteiger charge is -2.24. The standard InChI is InChI=1S/C13H24N4O2S/c1-4-5-6-7-13(2,3)10-17-20(18,19)11-8-15-12(14)16-9-11/h8-9,17H,4-7,10H2,1-3H3,(H2,14,15,16). The minimum Gasteiger partial charge on any atom is -0.368 e. The smallest absolute Gasteiger partial charge is 0.243 e. The molecule has 0 unspecified atom stereocenters. The topological polar surface area (TPSA) is 98.0 Å². The third-order valence-corrected chi connectivity index (χ3v) is 4.51. The van der Waals surface area contributed by atoms with Crippen molar-refractivity contribution in [1.82, 2.24) is 14.7 Å². The number of unbranched alkanes of at least 4 members (excludes halogenated alkanes) is 2. The van der Waals surface area contributed by atoms with Crippen LogP contribution in [0.25, 0.3) is 0 Å². The van der Waals surface area contributed by atoms with Crippen LogP contribution in [0.2, 0.25) is 0 Å². The van der Waals surface area contributed by atoms with Crippen molar-refractivity contribution in [2.45, 2.75) is 51.3 Å². The fourth-order valence-corrected chi connectivity index (χ4v) is 2.91. The lowest BCUT2D eigenvalue weighted by molar-refractivity contribution is 0.320. The Hall–Kier alpha value is -1.21. The predicted molar refractivity (Wildman–Crippen MR) is 79.6 cm³/mol. The summed E-state index contributed by atoms with van der Waals surface area (Å²) < 4.78 is 26.8. The van der Waals surface area contributed by atoms with E-state index in [0.717, 1.165) is 19.3 Å². The van der Waals surface area contributed by atoms with Crippen LogP contribution < -0.4 is 10.5 Å². The number of hydrogen-bond donors (Lipinski definition) is 2. The van der Waals surface area contributed by atoms with Crippen LogP contribution in [0.3, 0.4) is 0 Å². The summed E-state index contributed by atoms with van der Waals surface area (Å²) in [5.41, 5.74) is 5.27. The molecule has 3 N–H and O–H groups in total. The second kappa shape index (κ2) is 6.99. The van der Waals surface area contributed by atoms with Crippen LogP contribution in [0.1, 0.15) is 46.5 Å². The van der Waals surface area contributed by atoms with Gasteiger partial charge in [0.05, 0.1) is 12.4 Å². The molecule has 0 aromatic carbocycles. The van der Waals surface area contributed by atoms with E-state index in [1.807, 2.05) is 0 Å². The summed E-state index contributed by atoms with van der Waals surface area (Å²) >= 11 is 0. The molecular weight excluding hydrogens is 276 g/mol. The van der Waals surface area contributed by atoms with Crippen molar-refractivity contribution in [3.8, 4) is 0 Å². The molecule has 7 heteroatoms. The second-order valence-electron chi connectivity index (χ2n) is 5.72. The molecule has 0 saturated heterocycles. The molecule has 0 amide bonds. The predicted octanol–water partition coefficient (Wildman–Crippen LogP) is 1.94. The molecule has 6 nitrogen and oxygen atoms in total. The van der Waals surface area contributed by atoms with Crippen molar-refractivity contribution >= 4 is 16.0 Å². The van der Waals surface area contributed by atoms with E-state index in [2.05, 4.69) is 35.5 Å². The third-order valence-electron chi connectivity index (χ3n) is 3.16. The number of nitrogen functional groups attached to an aromatic ring is 1. The molecular formula is C13H24N4O2S. The first-order valence-corrected chi connectivity index (χ1v) is 8.32. The Morgan fingerprint density at radius 1 is 1.25 bits per heavy atom. The van der Waals surface area contributed by atoms with Crippen molar-refractivity contribution in [1.29, 1.82) is 0 Å². The minimum atomic E-state index is -3.57. The number of aromatic nitrogens is 2. The van der Waals surface area contributed by atoms with Gasteiger partial charge in [0.2, 0.25) is 16.0 Å². The molecule has 1 rings (SSSR count). The maximum absolute atomic E-state index is 12.1. The van der Waals surface area contributed by atoms with Gasteiger partial charge in [0.25, 0.3) is 0 Å². The van der Waals surface area contributed by atoms with Crippen LogP contribution in [-0.2, 0) is 10.0 Å². The summed E-state index contributed by atoms with van der Waals surface area (Å²) in [4.78, 5) is 7.43. The van der Waals surface area contributed by atoms with E-state index in [1.165, 1.54) is 18.8 Å². The molecule has 0 atom stereocenters. The number of nitrogens with zero attached hydrogens (tertiary/aromatic N) is 2. The molecule has 0 saturated carbocycles. The average Bonchev–Trinajstić information content (AvgIpc) is 2.37. The molecule has 0 aliphatic heterocycles. The van der Waals surface area contributed by atoms with Crippen LogP contribution in [0.5, 0.6) is 0 Å². The van der Waals surface area contributed by atoms with E-state index >= 15 is 0 Å². The molecule has 0 fully saturated rings. The number of hydrogen-bond acceptors (Lipinski definition) is 5. The van der Waals surface area contributed by atoms with E-state index in [0.29, 0.717) is 6.54 Å². The maximum atomic E-state index is 12.1. The maximum Gasteiger partial charge on any atom is 0.243 e. The van der Waals surface area contributed by atoms with Crippen molar-refractivity contribution < 1.29 is 8.42 Å². The third kappa shape index (κ3) is 5.42. The number of nitrogens with two attached hydrogens (primary N) is 1. The Balaban J connectivity index is 2.61. The molecule has 1 aromatic rings. The number of sulfonamides is 1. The zero-order chi connectivity index (χ0) is 15.2. The largest absolute Gasteiger partial charge is 0.368 e. The molecule has 0 radical (unpaired) electrons. The van der Waals surface area contributed by atoms with Crippen LogP contribution in [0.4, 0.5) is 5.95 Å². The van der Waals surface area contributed by atoms with Crippen molar-refractivity contribution in [2.75, 3.05) is 12.3 Å². The molecule has 1 heterocycles. The van der Waals surface area contributed by atoms with E-state index < -0.39 is 10.0 Å². The zero-order valence-corrected chi connectivity index (χ0v) is 13.2. The SMILES string of the molecule is CCCCCC(C)(C)CNS(=O)(=O)c1cnc(N)nc1. The van der Waals surface area contributed by atoms with Gasteiger partial charge in [-0.1, -0.05) is 40.0 Å². The lowest BCUT2D eigenvalue weighted by Crippen LogP contribution is -2.34. The van der Waals surface area contributed by atoms with Gasteiger partial charge in [0.1, 0.15) is 4.90 Å². The Morgan fingerprint density at radius 2 is 1.85 bits per heavy atom. The first-order chi connectivity index (χ1) is 9.27. The van der Waals surface area contributed by atoms with E-state index in [4.69, 9.17) is 5.73 Å². The minimum absolute atomic E-state index is 0.0380. The van der Waals surface area contributed by atoms with Gasteiger partial charge < -0.3 is 5.73 Å². The Morgan fingerprint density at radius 3 is 2.40 bits per heavy atom. The zero-order valence-electron chi connectivity index (χ0n) is 12.4. The molecule has 20 heavy (non-hydrogen) atoms. The van der Waals surface area contributed by atoms with Crippen molar-refractivity contribution in [2.24, 2.45) is 5.41 Å². The van der Waals surface area contributed by atoms with Crippen molar-refractivity contribution in [3.63, 3.8) is 0 Å². The van der Waals surface area contributed by atoms with Gasteiger partial charge >= 0.3 is 0 Å². The molecule has 0 bridgehead atoms. The summed E-state index contributed by atoms with van der Waals surface area (Å²) in [6.45, 7) is 6.66. The highest BCUT2D eigenvalue weighted by Gasteiger charge is 2.22. The van der Waals surface area contributed by atoms with Crippen LogP contribution in [0, 0.1) is 5.41 Å². The Bertz CT molecular complexity index is 512. The molecule has 1 aromatic heterocycles. The molecule has 0 aliphatic carbocycles. The van der Waals surface area contributed by atoms with Gasteiger partial charge in [-0.2, -0.15) is 0 Å². The second-order valence-corrected chi connectivity index (χ2v) is 7.49. The summed E-state index contributed by atoms with van der Waals surface area (Å²) in [5, 5.41) is 0. The van der Waals surface area contributed by atoms with Gasteiger partial charge in [-0.15, -0.1) is 0 Å². The van der Waals surface area contributed by atoms with Gasteiger partial charge in [0, 0.05) is 6.54 Å². The fourth-order valence-electron chi connectivity index (χ4n) is 1.78. The van der Waals surface area contributed by atoms with Gasteiger partial charge in [-0.3, -0.25) is 0 Å². The first kappa shape index (κ1) is 16.8. The summed E-state index contributed by atoms with van der Waals surface area (Å²) in [7, 11) is -3.57. The highest BCUT2D eigenvalue weighted by Crippen LogP contribution is 2.23. The van der Waals surface area contributed by atoms with E-state index in [9.17, 15) is 8.42 Å². The van der Waals surface area contributed by atoms with Gasteiger partial charge in [0.15, 0.2) is 0 Å². The van der Waals surface area contributed by atoms with Crippen LogP contribution >= 0.6 is 0 Å². The van der Waals surface area contributed by atoms with E-state index in [1.54, 1.807) is 0 Å². The Labute approximate surface area is 121 Å². The van der Waals surface area contributed by atoms with Crippen LogP contribution in [0.15, 0.2) is 17.3 Å². The summed E-state index contributed by atoms with van der Waals surface area (Å²) in [6, 6.07) is 0. The normalized spacial score (nSPS) is 12.6. The monoisotopic (exact) mass is 300 g/mol. The molecule has 114 valence electrons.